The topological polar surface area (TPSA) is 95.7 Å². The number of aromatic nitrogens is 3. The Labute approximate surface area is 196 Å². The molecule has 2 heterocycles. The number of rotatable bonds is 5. The van der Waals surface area contributed by atoms with Gasteiger partial charge < -0.3 is 19.3 Å². The molecule has 1 N–H and O–H groups in total. The number of benzene rings is 2. The van der Waals surface area contributed by atoms with Crippen molar-refractivity contribution in [2.24, 2.45) is 0 Å². The standard InChI is InChI=1S/C21H17Cl2F2N3O5/c1-10(30)32-19-18-26-27-20(21(24,25)9-29)28(18)14-7-6-11(22)8-13(14)17(33-19)12-4-3-5-15(31-2)16(12)23/h3-8,17,19,29H,9H2,1-2H3/t17-,19+/m1/s1. The normalized spacial score (nSPS) is 17.7. The summed E-state index contributed by atoms with van der Waals surface area (Å²) in [6.07, 6.45) is -2.56. The Balaban J connectivity index is 2.03. The number of nitrogens with zero attached hydrogens (tertiary/aromatic N) is 3. The minimum Gasteiger partial charge on any atom is -0.495 e. The first kappa shape index (κ1) is 23.4. The number of hydrogen-bond acceptors (Lipinski definition) is 7. The van der Waals surface area contributed by atoms with Gasteiger partial charge in [0.05, 0.1) is 17.8 Å². The number of carbonyl (C=O) groups is 1. The maximum Gasteiger partial charge on any atom is 0.329 e. The highest BCUT2D eigenvalue weighted by atomic mass is 35.5. The van der Waals surface area contributed by atoms with Gasteiger partial charge in [-0.3, -0.25) is 9.36 Å². The first-order valence-corrected chi connectivity index (χ1v) is 10.3. The molecule has 0 radical (unpaired) electrons. The minimum absolute atomic E-state index is 0.182. The zero-order chi connectivity index (χ0) is 23.9. The molecule has 174 valence electrons. The maximum atomic E-state index is 14.6. The molecule has 12 heteroatoms. The minimum atomic E-state index is -3.75. The Morgan fingerprint density at radius 1 is 1.24 bits per heavy atom. The predicted molar refractivity (Wildman–Crippen MR) is 113 cm³/mol. The van der Waals surface area contributed by atoms with E-state index >= 15 is 0 Å². The van der Waals surface area contributed by atoms with Crippen molar-refractivity contribution in [2.45, 2.75) is 25.2 Å². The van der Waals surface area contributed by atoms with Crippen LogP contribution >= 0.6 is 23.2 Å². The van der Waals surface area contributed by atoms with Crippen LogP contribution in [0.2, 0.25) is 10.0 Å². The molecule has 3 aromatic rings. The van der Waals surface area contributed by atoms with Crippen LogP contribution in [0.15, 0.2) is 36.4 Å². The van der Waals surface area contributed by atoms with Crippen LogP contribution in [0.5, 0.6) is 5.75 Å². The summed E-state index contributed by atoms with van der Waals surface area (Å²) in [5, 5.41) is 17.1. The van der Waals surface area contributed by atoms with E-state index in [-0.39, 0.29) is 21.6 Å². The van der Waals surface area contributed by atoms with Crippen molar-refractivity contribution in [3.8, 4) is 11.4 Å². The van der Waals surface area contributed by atoms with Gasteiger partial charge in [0.1, 0.15) is 18.5 Å². The van der Waals surface area contributed by atoms with Crippen LogP contribution < -0.4 is 4.74 Å². The number of methoxy groups -OCH3 is 1. The van der Waals surface area contributed by atoms with Crippen LogP contribution in [0.4, 0.5) is 8.78 Å². The van der Waals surface area contributed by atoms with Gasteiger partial charge >= 0.3 is 11.9 Å². The predicted octanol–water partition coefficient (Wildman–Crippen LogP) is 4.35. The van der Waals surface area contributed by atoms with Gasteiger partial charge in [0.15, 0.2) is 0 Å². The highest BCUT2D eigenvalue weighted by molar-refractivity contribution is 6.33. The molecule has 33 heavy (non-hydrogen) atoms. The summed E-state index contributed by atoms with van der Waals surface area (Å²) in [6, 6.07) is 9.44. The second kappa shape index (κ2) is 8.86. The van der Waals surface area contributed by atoms with Crippen molar-refractivity contribution in [1.82, 2.24) is 14.8 Å². The summed E-state index contributed by atoms with van der Waals surface area (Å²) in [5.74, 6) is -5.23. The molecule has 0 saturated heterocycles. The van der Waals surface area contributed by atoms with Crippen molar-refractivity contribution in [3.05, 3.63) is 69.2 Å². The van der Waals surface area contributed by atoms with Crippen LogP contribution in [0.3, 0.4) is 0 Å². The monoisotopic (exact) mass is 499 g/mol. The number of aliphatic hydroxyl groups is 1. The number of alkyl halides is 2. The van der Waals surface area contributed by atoms with Gasteiger partial charge in [0.2, 0.25) is 11.6 Å². The first-order chi connectivity index (χ1) is 15.7. The average Bonchev–Trinajstić information content (AvgIpc) is 3.18. The lowest BCUT2D eigenvalue weighted by Crippen LogP contribution is -2.25. The summed E-state index contributed by atoms with van der Waals surface area (Å²) >= 11 is 12.8. The van der Waals surface area contributed by atoms with E-state index in [9.17, 15) is 18.7 Å². The number of esters is 1. The lowest BCUT2D eigenvalue weighted by atomic mass is 9.99. The van der Waals surface area contributed by atoms with Crippen molar-refractivity contribution in [3.63, 3.8) is 0 Å². The van der Waals surface area contributed by atoms with Crippen LogP contribution in [0.1, 0.15) is 42.1 Å². The van der Waals surface area contributed by atoms with Crippen molar-refractivity contribution in [2.75, 3.05) is 13.7 Å². The Bertz CT molecular complexity index is 1220. The Morgan fingerprint density at radius 2 is 2.00 bits per heavy atom. The van der Waals surface area contributed by atoms with E-state index in [1.54, 1.807) is 18.2 Å². The largest absolute Gasteiger partial charge is 0.495 e. The number of halogens is 4. The Kier molecular flexibility index (Phi) is 6.28. The Hall–Kier alpha value is -2.79. The third-order valence-electron chi connectivity index (χ3n) is 4.97. The van der Waals surface area contributed by atoms with E-state index in [4.69, 9.17) is 37.4 Å². The molecule has 0 bridgehead atoms. The van der Waals surface area contributed by atoms with Gasteiger partial charge in [0.25, 0.3) is 6.29 Å². The third-order valence-corrected chi connectivity index (χ3v) is 5.61. The highest BCUT2D eigenvalue weighted by Gasteiger charge is 2.43. The quantitative estimate of drug-likeness (QED) is 0.521. The van der Waals surface area contributed by atoms with E-state index in [0.29, 0.717) is 16.9 Å². The zero-order valence-corrected chi connectivity index (χ0v) is 18.8. The van der Waals surface area contributed by atoms with E-state index in [0.717, 1.165) is 11.5 Å². The number of hydrogen-bond donors (Lipinski definition) is 1. The van der Waals surface area contributed by atoms with Crippen LogP contribution in [0, 0.1) is 0 Å². The number of aliphatic hydroxyl groups excluding tert-OH is 1. The third kappa shape index (κ3) is 4.15. The van der Waals surface area contributed by atoms with Gasteiger partial charge in [-0.25, -0.2) is 0 Å². The van der Waals surface area contributed by atoms with Crippen LogP contribution in [0.25, 0.3) is 5.69 Å². The van der Waals surface area contributed by atoms with Crippen LogP contribution in [-0.4, -0.2) is 39.6 Å². The fourth-order valence-electron chi connectivity index (χ4n) is 3.55. The SMILES string of the molecule is COc1cccc([C@H]2O[C@H](OC(C)=O)c3nnc(C(F)(F)CO)n3-c3ccc(Cl)cc32)c1Cl. The van der Waals surface area contributed by atoms with Crippen molar-refractivity contribution in [1.29, 1.82) is 0 Å². The number of carbonyl (C=O) groups excluding carboxylic acids is 1. The number of ether oxygens (including phenoxy) is 3. The lowest BCUT2D eigenvalue weighted by molar-refractivity contribution is -0.188. The molecule has 2 aromatic carbocycles. The summed E-state index contributed by atoms with van der Waals surface area (Å²) in [6.45, 7) is -0.381. The summed E-state index contributed by atoms with van der Waals surface area (Å²) < 4.78 is 46.8. The molecule has 0 fully saturated rings. The molecule has 0 saturated carbocycles. The summed E-state index contributed by atoms with van der Waals surface area (Å²) in [4.78, 5) is 11.8. The molecular weight excluding hydrogens is 483 g/mol. The van der Waals surface area contributed by atoms with E-state index < -0.39 is 36.7 Å². The van der Waals surface area contributed by atoms with Gasteiger partial charge in [-0.1, -0.05) is 35.3 Å². The molecule has 0 spiro atoms. The second-order valence-electron chi connectivity index (χ2n) is 7.10. The average molecular weight is 500 g/mol. The molecule has 1 aliphatic heterocycles. The molecule has 8 nitrogen and oxygen atoms in total. The van der Waals surface area contributed by atoms with Crippen molar-refractivity contribution >= 4 is 29.2 Å². The fourth-order valence-corrected chi connectivity index (χ4v) is 4.03. The Morgan fingerprint density at radius 3 is 2.67 bits per heavy atom. The summed E-state index contributed by atoms with van der Waals surface area (Å²) in [7, 11) is 1.44. The fraction of sp³-hybridized carbons (Fsp3) is 0.286. The highest BCUT2D eigenvalue weighted by Crippen LogP contribution is 2.45. The van der Waals surface area contributed by atoms with Gasteiger partial charge in [0, 0.05) is 23.1 Å². The van der Waals surface area contributed by atoms with E-state index in [2.05, 4.69) is 10.2 Å². The number of fused-ring (bicyclic) bond motifs is 3. The zero-order valence-electron chi connectivity index (χ0n) is 17.3. The molecule has 0 unspecified atom stereocenters. The van der Waals surface area contributed by atoms with Crippen molar-refractivity contribution < 1.29 is 32.9 Å². The van der Waals surface area contributed by atoms with E-state index in [1.807, 2.05) is 0 Å². The molecule has 0 amide bonds. The van der Waals surface area contributed by atoms with Gasteiger partial charge in [-0.05, 0) is 24.3 Å². The molecule has 0 aliphatic carbocycles. The molecule has 4 rings (SSSR count). The second-order valence-corrected chi connectivity index (χ2v) is 7.92. The smallest absolute Gasteiger partial charge is 0.329 e. The maximum absolute atomic E-state index is 14.6. The summed E-state index contributed by atoms with van der Waals surface area (Å²) in [5.41, 5.74) is 0.912. The van der Waals surface area contributed by atoms with E-state index in [1.165, 1.54) is 25.3 Å². The molecule has 1 aliphatic rings. The molecule has 2 atom stereocenters. The first-order valence-electron chi connectivity index (χ1n) is 9.57. The van der Waals surface area contributed by atoms with Gasteiger partial charge in [-0.2, -0.15) is 8.78 Å². The van der Waals surface area contributed by atoms with Gasteiger partial charge in [-0.15, -0.1) is 10.2 Å². The molecular formula is C21H17Cl2F2N3O5. The lowest BCUT2D eigenvalue weighted by Gasteiger charge is -2.23. The molecule has 1 aromatic heterocycles. The van der Waals surface area contributed by atoms with Crippen LogP contribution in [-0.2, 0) is 20.2 Å².